The van der Waals surface area contributed by atoms with Crippen molar-refractivity contribution in [3.63, 3.8) is 0 Å². The Morgan fingerprint density at radius 1 is 1.56 bits per heavy atom. The zero-order valence-corrected chi connectivity index (χ0v) is 9.14. The topological polar surface area (TPSA) is 72.7 Å². The van der Waals surface area contributed by atoms with Crippen LogP contribution in [0.15, 0.2) is 24.8 Å². The van der Waals surface area contributed by atoms with Crippen LogP contribution in [0.25, 0.3) is 0 Å². The summed E-state index contributed by atoms with van der Waals surface area (Å²) < 4.78 is 1.45. The van der Waals surface area contributed by atoms with Crippen molar-refractivity contribution in [1.29, 1.82) is 0 Å². The molecule has 2 aromatic heterocycles. The summed E-state index contributed by atoms with van der Waals surface area (Å²) in [7, 11) is 1.68. The van der Waals surface area contributed by atoms with Crippen molar-refractivity contribution in [3.05, 3.63) is 35.4 Å². The molecular weight excluding hydrogens is 230 g/mol. The summed E-state index contributed by atoms with van der Waals surface area (Å²) in [5.74, 6) is 0.0152. The first kappa shape index (κ1) is 10.6. The van der Waals surface area contributed by atoms with Gasteiger partial charge in [0.15, 0.2) is 0 Å². The van der Waals surface area contributed by atoms with Crippen LogP contribution in [-0.4, -0.2) is 25.7 Å². The molecule has 2 heterocycles. The Balaban J connectivity index is 2.22. The molecule has 6 nitrogen and oxygen atoms in total. The first-order chi connectivity index (χ1) is 7.68. The van der Waals surface area contributed by atoms with E-state index in [2.05, 4.69) is 20.4 Å². The van der Waals surface area contributed by atoms with E-state index in [1.54, 1.807) is 7.05 Å². The third-order valence-corrected chi connectivity index (χ3v) is 2.25. The first-order valence-corrected chi connectivity index (χ1v) is 4.81. The smallest absolute Gasteiger partial charge is 0.259 e. The van der Waals surface area contributed by atoms with Gasteiger partial charge < -0.3 is 0 Å². The van der Waals surface area contributed by atoms with Crippen LogP contribution in [0.5, 0.6) is 0 Å². The van der Waals surface area contributed by atoms with Crippen molar-refractivity contribution in [2.75, 3.05) is 5.32 Å². The Bertz CT molecular complexity index is 524. The average molecular weight is 238 g/mol. The van der Waals surface area contributed by atoms with Crippen molar-refractivity contribution in [3.8, 4) is 0 Å². The highest BCUT2D eigenvalue weighted by atomic mass is 35.5. The van der Waals surface area contributed by atoms with E-state index in [9.17, 15) is 4.79 Å². The number of anilines is 1. The summed E-state index contributed by atoms with van der Waals surface area (Å²) in [4.78, 5) is 19.4. The van der Waals surface area contributed by atoms with Gasteiger partial charge in [-0.15, -0.1) is 0 Å². The minimum atomic E-state index is -0.344. The molecule has 16 heavy (non-hydrogen) atoms. The maximum atomic E-state index is 11.8. The van der Waals surface area contributed by atoms with Crippen molar-refractivity contribution in [2.45, 2.75) is 0 Å². The quantitative estimate of drug-likeness (QED) is 0.849. The van der Waals surface area contributed by atoms with Crippen LogP contribution in [0.4, 0.5) is 5.95 Å². The number of halogens is 1. The summed E-state index contributed by atoms with van der Waals surface area (Å²) in [5, 5.41) is 6.71. The second-order valence-electron chi connectivity index (χ2n) is 3.02. The van der Waals surface area contributed by atoms with Crippen LogP contribution in [0.3, 0.4) is 0 Å². The Morgan fingerprint density at radius 3 is 3.00 bits per heavy atom. The summed E-state index contributed by atoms with van der Waals surface area (Å²) >= 11 is 5.83. The van der Waals surface area contributed by atoms with Gasteiger partial charge in [0.25, 0.3) is 5.91 Å². The molecule has 0 aliphatic heterocycles. The number of hydrogen-bond donors (Lipinski definition) is 1. The molecule has 0 bridgehead atoms. The lowest BCUT2D eigenvalue weighted by Crippen LogP contribution is -2.15. The zero-order valence-electron chi connectivity index (χ0n) is 8.38. The second-order valence-corrected chi connectivity index (χ2v) is 3.42. The Morgan fingerprint density at radius 2 is 2.38 bits per heavy atom. The molecule has 1 N–H and O–H groups in total. The molecule has 7 heteroatoms. The Kier molecular flexibility index (Phi) is 2.82. The highest BCUT2D eigenvalue weighted by Crippen LogP contribution is 2.14. The summed E-state index contributed by atoms with van der Waals surface area (Å²) in [6, 6.07) is 1.54. The predicted octanol–water partition coefficient (Wildman–Crippen LogP) is 1.12. The van der Waals surface area contributed by atoms with Crippen LogP contribution in [0, 0.1) is 0 Å². The van der Waals surface area contributed by atoms with Gasteiger partial charge in [0.1, 0.15) is 6.33 Å². The van der Waals surface area contributed by atoms with Gasteiger partial charge in [0.2, 0.25) is 5.95 Å². The number of pyridine rings is 1. The molecule has 0 radical (unpaired) electrons. The van der Waals surface area contributed by atoms with Gasteiger partial charge in [0.05, 0.1) is 10.6 Å². The largest absolute Gasteiger partial charge is 0.291 e. The van der Waals surface area contributed by atoms with Gasteiger partial charge in [0, 0.05) is 19.4 Å². The van der Waals surface area contributed by atoms with E-state index in [0.717, 1.165) is 0 Å². The van der Waals surface area contributed by atoms with Crippen molar-refractivity contribution < 1.29 is 4.79 Å². The molecule has 82 valence electrons. The number of carbonyl (C=O) groups is 1. The van der Waals surface area contributed by atoms with E-state index < -0.39 is 0 Å². The lowest BCUT2D eigenvalue weighted by Gasteiger charge is -2.04. The number of rotatable bonds is 2. The minimum Gasteiger partial charge on any atom is -0.291 e. The van der Waals surface area contributed by atoms with Crippen LogP contribution in [0.1, 0.15) is 10.4 Å². The number of nitrogens with zero attached hydrogens (tertiary/aromatic N) is 4. The first-order valence-electron chi connectivity index (χ1n) is 4.43. The zero-order chi connectivity index (χ0) is 11.5. The molecule has 2 rings (SSSR count). The monoisotopic (exact) mass is 237 g/mol. The molecule has 0 aromatic carbocycles. The molecule has 0 atom stereocenters. The fourth-order valence-electron chi connectivity index (χ4n) is 1.14. The summed E-state index contributed by atoms with van der Waals surface area (Å²) in [6.07, 6.45) is 4.26. The molecule has 0 unspecified atom stereocenters. The molecule has 0 fully saturated rings. The Hall–Kier alpha value is -1.95. The maximum Gasteiger partial charge on any atom is 0.259 e. The summed E-state index contributed by atoms with van der Waals surface area (Å²) in [5.41, 5.74) is 0.347. The SMILES string of the molecule is Cn1ncnc1NC(=O)c1ccncc1Cl. The van der Waals surface area contributed by atoms with Gasteiger partial charge in [-0.2, -0.15) is 10.1 Å². The molecule has 0 aliphatic rings. The van der Waals surface area contributed by atoms with Crippen molar-refractivity contribution >= 4 is 23.5 Å². The van der Waals surface area contributed by atoms with E-state index in [1.807, 2.05) is 0 Å². The highest BCUT2D eigenvalue weighted by molar-refractivity contribution is 6.34. The number of hydrogen-bond acceptors (Lipinski definition) is 4. The van der Waals surface area contributed by atoms with Crippen molar-refractivity contribution in [1.82, 2.24) is 19.7 Å². The minimum absolute atomic E-state index is 0.294. The second kappa shape index (κ2) is 4.28. The number of aromatic nitrogens is 4. The number of carbonyl (C=O) groups excluding carboxylic acids is 1. The standard InChI is InChI=1S/C9H8ClN5O/c1-15-9(12-5-13-15)14-8(16)6-2-3-11-4-7(6)10/h2-5H,1H3,(H,12,13,14,16). The van der Waals surface area contributed by atoms with Crippen LogP contribution in [0.2, 0.25) is 5.02 Å². The van der Waals surface area contributed by atoms with E-state index in [4.69, 9.17) is 11.6 Å². The van der Waals surface area contributed by atoms with E-state index in [1.165, 1.54) is 29.5 Å². The third-order valence-electron chi connectivity index (χ3n) is 1.95. The van der Waals surface area contributed by atoms with Crippen LogP contribution >= 0.6 is 11.6 Å². The molecule has 0 aliphatic carbocycles. The number of nitrogens with one attached hydrogen (secondary N) is 1. The maximum absolute atomic E-state index is 11.8. The van der Waals surface area contributed by atoms with Gasteiger partial charge in [-0.3, -0.25) is 15.1 Å². The van der Waals surface area contributed by atoms with Gasteiger partial charge in [-0.25, -0.2) is 4.68 Å². The fraction of sp³-hybridized carbons (Fsp3) is 0.111. The third kappa shape index (κ3) is 2.01. The normalized spacial score (nSPS) is 10.1. The highest BCUT2D eigenvalue weighted by Gasteiger charge is 2.12. The number of aryl methyl sites for hydroxylation is 1. The molecular formula is C9H8ClN5O. The fourth-order valence-corrected chi connectivity index (χ4v) is 1.34. The van der Waals surface area contributed by atoms with Gasteiger partial charge >= 0.3 is 0 Å². The molecule has 0 saturated heterocycles. The molecule has 0 saturated carbocycles. The van der Waals surface area contributed by atoms with E-state index in [0.29, 0.717) is 16.5 Å². The predicted molar refractivity (Wildman–Crippen MR) is 58.2 cm³/mol. The lowest BCUT2D eigenvalue weighted by molar-refractivity contribution is 0.102. The summed E-state index contributed by atoms with van der Waals surface area (Å²) in [6.45, 7) is 0. The molecule has 0 spiro atoms. The van der Waals surface area contributed by atoms with Crippen LogP contribution < -0.4 is 5.32 Å². The average Bonchev–Trinajstić information content (AvgIpc) is 2.65. The van der Waals surface area contributed by atoms with E-state index >= 15 is 0 Å². The van der Waals surface area contributed by atoms with Gasteiger partial charge in [-0.1, -0.05) is 11.6 Å². The van der Waals surface area contributed by atoms with Crippen LogP contribution in [-0.2, 0) is 7.05 Å². The molecule has 1 amide bonds. The van der Waals surface area contributed by atoms with Gasteiger partial charge in [-0.05, 0) is 6.07 Å². The van der Waals surface area contributed by atoms with E-state index in [-0.39, 0.29) is 5.91 Å². The Labute approximate surface area is 96.3 Å². The molecule has 2 aromatic rings. The van der Waals surface area contributed by atoms with Crippen molar-refractivity contribution in [2.24, 2.45) is 7.05 Å². The number of amides is 1. The lowest BCUT2D eigenvalue weighted by atomic mass is 10.2.